The Balaban J connectivity index is 1.64. The van der Waals surface area contributed by atoms with Crippen molar-refractivity contribution in [3.05, 3.63) is 11.5 Å². The summed E-state index contributed by atoms with van der Waals surface area (Å²) in [5, 5.41) is 3.71. The lowest BCUT2D eigenvalue weighted by Crippen LogP contribution is -2.46. The number of sulfonamides is 1. The minimum Gasteiger partial charge on any atom is -0.360 e. The second-order valence-electron chi connectivity index (χ2n) is 7.34. The largest absolute Gasteiger partial charge is 0.360 e. The first-order chi connectivity index (χ1) is 12.5. The maximum atomic E-state index is 12.8. The summed E-state index contributed by atoms with van der Waals surface area (Å²) in [6.45, 7) is 3.62. The molecule has 0 saturated carbocycles. The molecule has 0 aliphatic carbocycles. The van der Waals surface area contributed by atoms with Gasteiger partial charge < -0.3 is 9.42 Å². The van der Waals surface area contributed by atoms with E-state index in [2.05, 4.69) is 5.16 Å². The van der Waals surface area contributed by atoms with E-state index in [0.717, 1.165) is 0 Å². The second kappa shape index (κ2) is 7.17. The van der Waals surface area contributed by atoms with Crippen LogP contribution < -0.4 is 0 Å². The van der Waals surface area contributed by atoms with Crippen molar-refractivity contribution < 1.29 is 26.2 Å². The lowest BCUT2D eigenvalue weighted by molar-refractivity contribution is -0.137. The maximum Gasteiger partial charge on any atom is 0.248 e. The average Bonchev–Trinajstić information content (AvgIpc) is 3.15. The molecular formula is C16H25N3O6S2. The van der Waals surface area contributed by atoms with Gasteiger partial charge in [0.05, 0.1) is 11.5 Å². The number of aromatic nitrogens is 1. The van der Waals surface area contributed by atoms with Crippen molar-refractivity contribution in [2.24, 2.45) is 5.92 Å². The molecule has 1 aromatic heterocycles. The van der Waals surface area contributed by atoms with Crippen LogP contribution in [-0.2, 0) is 24.7 Å². The number of hydrogen-bond acceptors (Lipinski definition) is 7. The molecule has 1 aromatic rings. The predicted octanol–water partition coefficient (Wildman–Crippen LogP) is 0.338. The molecular weight excluding hydrogens is 394 g/mol. The molecule has 3 heterocycles. The Hall–Kier alpha value is -1.46. The smallest absolute Gasteiger partial charge is 0.248 e. The van der Waals surface area contributed by atoms with Crippen molar-refractivity contribution in [1.82, 2.24) is 14.4 Å². The van der Waals surface area contributed by atoms with Crippen LogP contribution in [0.15, 0.2) is 9.42 Å². The summed E-state index contributed by atoms with van der Waals surface area (Å²) in [7, 11) is -5.13. The van der Waals surface area contributed by atoms with E-state index >= 15 is 0 Å². The molecule has 1 amide bonds. The van der Waals surface area contributed by atoms with Crippen molar-refractivity contribution in [3.63, 3.8) is 0 Å². The monoisotopic (exact) mass is 419 g/mol. The molecule has 0 N–H and O–H groups in total. The van der Waals surface area contributed by atoms with E-state index in [-0.39, 0.29) is 53.1 Å². The van der Waals surface area contributed by atoms with Crippen LogP contribution in [0.3, 0.4) is 0 Å². The standard InChI is InChI=1S/C16H25N3O6S2/c1-11-15(12(2)25-17-11)27(23,24)19-7-4-13(5-8-19)16(20)18(3)14-6-9-26(21,22)10-14/h13-14H,4-10H2,1-3H3/t14-/m0/s1. The Morgan fingerprint density at radius 1 is 1.22 bits per heavy atom. The Kier molecular flexibility index (Phi) is 5.39. The van der Waals surface area contributed by atoms with Gasteiger partial charge in [-0.25, -0.2) is 16.8 Å². The Bertz CT molecular complexity index is 910. The van der Waals surface area contributed by atoms with E-state index in [4.69, 9.17) is 4.52 Å². The van der Waals surface area contributed by atoms with Crippen LogP contribution >= 0.6 is 0 Å². The lowest BCUT2D eigenvalue weighted by Gasteiger charge is -2.34. The molecule has 152 valence electrons. The molecule has 9 nitrogen and oxygen atoms in total. The molecule has 2 aliphatic rings. The highest BCUT2D eigenvalue weighted by Crippen LogP contribution is 2.29. The van der Waals surface area contributed by atoms with Gasteiger partial charge in [-0.05, 0) is 33.1 Å². The Morgan fingerprint density at radius 3 is 2.33 bits per heavy atom. The van der Waals surface area contributed by atoms with Gasteiger partial charge in [0.1, 0.15) is 10.6 Å². The summed E-state index contributed by atoms with van der Waals surface area (Å²) in [4.78, 5) is 14.4. The Morgan fingerprint density at radius 2 is 1.85 bits per heavy atom. The zero-order valence-corrected chi connectivity index (χ0v) is 17.3. The summed E-state index contributed by atoms with van der Waals surface area (Å²) >= 11 is 0. The summed E-state index contributed by atoms with van der Waals surface area (Å²) in [6, 6.07) is -0.286. The third-order valence-electron chi connectivity index (χ3n) is 5.47. The fourth-order valence-corrected chi connectivity index (χ4v) is 7.40. The number of carbonyl (C=O) groups is 1. The molecule has 27 heavy (non-hydrogen) atoms. The number of aryl methyl sites for hydroxylation is 2. The first kappa shape index (κ1) is 20.3. The average molecular weight is 420 g/mol. The van der Waals surface area contributed by atoms with Crippen molar-refractivity contribution in [2.75, 3.05) is 31.6 Å². The minimum absolute atomic E-state index is 0.00844. The lowest BCUT2D eigenvalue weighted by atomic mass is 9.96. The van der Waals surface area contributed by atoms with Gasteiger partial charge in [-0.3, -0.25) is 4.79 Å². The third kappa shape index (κ3) is 3.90. The van der Waals surface area contributed by atoms with Crippen molar-refractivity contribution in [2.45, 2.75) is 44.0 Å². The zero-order valence-electron chi connectivity index (χ0n) is 15.7. The first-order valence-electron chi connectivity index (χ1n) is 8.93. The molecule has 1 atom stereocenters. The van der Waals surface area contributed by atoms with Gasteiger partial charge >= 0.3 is 0 Å². The van der Waals surface area contributed by atoms with Gasteiger partial charge in [0.2, 0.25) is 15.9 Å². The molecule has 0 radical (unpaired) electrons. The molecule has 2 aliphatic heterocycles. The molecule has 0 unspecified atom stereocenters. The van der Waals surface area contributed by atoms with E-state index in [1.165, 1.54) is 9.21 Å². The van der Waals surface area contributed by atoms with Crippen molar-refractivity contribution in [1.29, 1.82) is 0 Å². The van der Waals surface area contributed by atoms with Crippen LogP contribution in [0, 0.1) is 19.8 Å². The van der Waals surface area contributed by atoms with Crippen LogP contribution in [-0.4, -0.2) is 74.8 Å². The van der Waals surface area contributed by atoms with Gasteiger partial charge in [-0.15, -0.1) is 0 Å². The third-order valence-corrected chi connectivity index (χ3v) is 9.37. The highest BCUT2D eigenvalue weighted by atomic mass is 32.2. The maximum absolute atomic E-state index is 12.8. The first-order valence-corrected chi connectivity index (χ1v) is 12.2. The summed E-state index contributed by atoms with van der Waals surface area (Å²) in [5.41, 5.74) is 0.327. The molecule has 2 saturated heterocycles. The summed E-state index contributed by atoms with van der Waals surface area (Å²) in [5.74, 6) is -0.0217. The van der Waals surface area contributed by atoms with E-state index in [0.29, 0.717) is 25.0 Å². The fraction of sp³-hybridized carbons (Fsp3) is 0.750. The molecule has 0 spiro atoms. The van der Waals surface area contributed by atoms with Crippen LogP contribution in [0.5, 0.6) is 0 Å². The number of hydrogen-bond donors (Lipinski definition) is 0. The number of nitrogens with zero attached hydrogens (tertiary/aromatic N) is 3. The van der Waals surface area contributed by atoms with Crippen LogP contribution in [0.4, 0.5) is 0 Å². The summed E-state index contributed by atoms with van der Waals surface area (Å²) in [6.07, 6.45) is 1.28. The second-order valence-corrected chi connectivity index (χ2v) is 11.4. The normalized spacial score (nSPS) is 24.2. The Labute approximate surface area is 159 Å². The summed E-state index contributed by atoms with van der Waals surface area (Å²) < 4.78 is 55.3. The minimum atomic E-state index is -3.71. The van der Waals surface area contributed by atoms with Crippen molar-refractivity contribution >= 4 is 25.8 Å². The van der Waals surface area contributed by atoms with E-state index in [1.54, 1.807) is 20.9 Å². The van der Waals surface area contributed by atoms with Gasteiger partial charge in [0, 0.05) is 32.1 Å². The number of piperidine rings is 1. The van der Waals surface area contributed by atoms with E-state index < -0.39 is 19.9 Å². The number of carbonyl (C=O) groups excluding carboxylic acids is 1. The SMILES string of the molecule is Cc1noc(C)c1S(=O)(=O)N1CCC(C(=O)N(C)[C@H]2CCS(=O)(=O)C2)CC1. The highest BCUT2D eigenvalue weighted by Gasteiger charge is 2.38. The van der Waals surface area contributed by atoms with Gasteiger partial charge in [0.25, 0.3) is 0 Å². The topological polar surface area (TPSA) is 118 Å². The molecule has 0 bridgehead atoms. The molecule has 0 aromatic carbocycles. The zero-order chi connectivity index (χ0) is 20.0. The molecule has 11 heteroatoms. The van der Waals surface area contributed by atoms with Crippen molar-refractivity contribution in [3.8, 4) is 0 Å². The highest BCUT2D eigenvalue weighted by molar-refractivity contribution is 7.91. The van der Waals surface area contributed by atoms with Gasteiger partial charge in [-0.2, -0.15) is 4.31 Å². The van der Waals surface area contributed by atoms with E-state index in [9.17, 15) is 21.6 Å². The van der Waals surface area contributed by atoms with E-state index in [1.807, 2.05) is 0 Å². The number of rotatable bonds is 4. The number of amides is 1. The molecule has 3 rings (SSSR count). The van der Waals surface area contributed by atoms with Crippen LogP contribution in [0.2, 0.25) is 0 Å². The fourth-order valence-electron chi connectivity index (χ4n) is 3.86. The predicted molar refractivity (Wildman–Crippen MR) is 97.3 cm³/mol. The van der Waals surface area contributed by atoms with Gasteiger partial charge in [0.15, 0.2) is 15.6 Å². The quantitative estimate of drug-likeness (QED) is 0.690. The van der Waals surface area contributed by atoms with Crippen LogP contribution in [0.1, 0.15) is 30.7 Å². The number of sulfone groups is 1. The van der Waals surface area contributed by atoms with Gasteiger partial charge in [-0.1, -0.05) is 5.16 Å². The molecule has 2 fully saturated rings. The van der Waals surface area contributed by atoms with Crippen LogP contribution in [0.25, 0.3) is 0 Å².